The number of thiazole rings is 1. The van der Waals surface area contributed by atoms with Crippen molar-refractivity contribution in [2.45, 2.75) is 24.7 Å². The lowest BCUT2D eigenvalue weighted by Gasteiger charge is -2.08. The molecule has 1 heterocycles. The minimum Gasteiger partial charge on any atom is -0.481 e. The number of carbonyl (C=O) groups is 1. The summed E-state index contributed by atoms with van der Waals surface area (Å²) < 4.78 is 0. The van der Waals surface area contributed by atoms with E-state index in [4.69, 9.17) is 10.8 Å². The minimum absolute atomic E-state index is 0.150. The maximum atomic E-state index is 10.9. The van der Waals surface area contributed by atoms with Crippen molar-refractivity contribution >= 4 is 17.3 Å². The number of aliphatic carboxylic acids is 1. The normalized spacial score (nSPS) is 18.1. The molecular weight excluding hydrogens is 200 g/mol. The number of aromatic nitrogens is 1. The van der Waals surface area contributed by atoms with Gasteiger partial charge in [0, 0.05) is 17.3 Å². The number of carboxylic acid groups (broad SMARTS) is 1. The van der Waals surface area contributed by atoms with Gasteiger partial charge in [-0.05, 0) is 12.8 Å². The van der Waals surface area contributed by atoms with Crippen molar-refractivity contribution < 1.29 is 9.90 Å². The van der Waals surface area contributed by atoms with Crippen LogP contribution in [0, 0.1) is 0 Å². The number of nitrogens with two attached hydrogens (primary N) is 1. The Morgan fingerprint density at radius 1 is 1.79 bits per heavy atom. The number of hydrogen-bond acceptors (Lipinski definition) is 4. The van der Waals surface area contributed by atoms with Crippen LogP contribution in [0.3, 0.4) is 0 Å². The Hall–Kier alpha value is -0.940. The van der Waals surface area contributed by atoms with Gasteiger partial charge in [0.25, 0.3) is 0 Å². The molecule has 1 aliphatic rings. The SMILES string of the molecule is NCC(C(=O)O)c1scnc1C1CC1. The maximum Gasteiger partial charge on any atom is 0.313 e. The van der Waals surface area contributed by atoms with Gasteiger partial charge >= 0.3 is 5.97 Å². The highest BCUT2D eigenvalue weighted by atomic mass is 32.1. The predicted octanol–water partition coefficient (Wildman–Crippen LogP) is 1.15. The van der Waals surface area contributed by atoms with Crippen LogP contribution in [0.5, 0.6) is 0 Å². The molecule has 3 N–H and O–H groups in total. The number of hydrogen-bond donors (Lipinski definition) is 2. The van der Waals surface area contributed by atoms with Crippen molar-refractivity contribution in [1.82, 2.24) is 4.98 Å². The summed E-state index contributed by atoms with van der Waals surface area (Å²) in [4.78, 5) is 16.0. The molecule has 76 valence electrons. The molecule has 1 aromatic rings. The van der Waals surface area contributed by atoms with Gasteiger partial charge in [0.05, 0.1) is 11.2 Å². The van der Waals surface area contributed by atoms with Crippen LogP contribution in [0.25, 0.3) is 0 Å². The molecule has 0 bridgehead atoms. The molecule has 14 heavy (non-hydrogen) atoms. The Kier molecular flexibility index (Phi) is 2.52. The lowest BCUT2D eigenvalue weighted by atomic mass is 10.1. The van der Waals surface area contributed by atoms with Gasteiger partial charge in [0.15, 0.2) is 0 Å². The van der Waals surface area contributed by atoms with Crippen LogP contribution in [-0.4, -0.2) is 22.6 Å². The third-order valence-electron chi connectivity index (χ3n) is 2.44. The molecule has 4 nitrogen and oxygen atoms in total. The van der Waals surface area contributed by atoms with Gasteiger partial charge in [-0.25, -0.2) is 4.98 Å². The second kappa shape index (κ2) is 3.67. The van der Waals surface area contributed by atoms with Crippen LogP contribution >= 0.6 is 11.3 Å². The van der Waals surface area contributed by atoms with Crippen molar-refractivity contribution in [3.8, 4) is 0 Å². The van der Waals surface area contributed by atoms with Crippen LogP contribution in [0.4, 0.5) is 0 Å². The van der Waals surface area contributed by atoms with Crippen LogP contribution < -0.4 is 5.73 Å². The predicted molar refractivity (Wildman–Crippen MR) is 53.5 cm³/mol. The third kappa shape index (κ3) is 1.65. The second-order valence-corrected chi connectivity index (χ2v) is 4.39. The first-order valence-corrected chi connectivity index (χ1v) is 5.48. The Morgan fingerprint density at radius 2 is 2.50 bits per heavy atom. The van der Waals surface area contributed by atoms with Gasteiger partial charge in [0.2, 0.25) is 0 Å². The Bertz CT molecular complexity index is 346. The minimum atomic E-state index is -0.848. The van der Waals surface area contributed by atoms with E-state index in [0.717, 1.165) is 23.4 Å². The van der Waals surface area contributed by atoms with E-state index in [0.29, 0.717) is 5.92 Å². The monoisotopic (exact) mass is 212 g/mol. The Morgan fingerprint density at radius 3 is 3.00 bits per heavy atom. The average Bonchev–Trinajstić information content (AvgIpc) is 2.88. The standard InChI is InChI=1S/C9H12N2O2S/c10-3-6(9(12)13)8-7(5-1-2-5)11-4-14-8/h4-6H,1-3,10H2,(H,12,13). The topological polar surface area (TPSA) is 76.2 Å². The molecule has 1 aromatic heterocycles. The number of carboxylic acids is 1. The van der Waals surface area contributed by atoms with Crippen LogP contribution in [0.15, 0.2) is 5.51 Å². The quantitative estimate of drug-likeness (QED) is 0.784. The summed E-state index contributed by atoms with van der Waals surface area (Å²) >= 11 is 1.41. The van der Waals surface area contributed by atoms with Crippen LogP contribution in [-0.2, 0) is 4.79 Å². The van der Waals surface area contributed by atoms with Crippen molar-refractivity contribution in [2.75, 3.05) is 6.54 Å². The Balaban J connectivity index is 2.28. The van der Waals surface area contributed by atoms with E-state index >= 15 is 0 Å². The molecule has 1 unspecified atom stereocenters. The van der Waals surface area contributed by atoms with Gasteiger partial charge in [-0.2, -0.15) is 0 Å². The Labute approximate surface area is 85.8 Å². The highest BCUT2D eigenvalue weighted by Crippen LogP contribution is 2.43. The average molecular weight is 212 g/mol. The van der Waals surface area contributed by atoms with E-state index in [9.17, 15) is 4.79 Å². The molecule has 2 rings (SSSR count). The summed E-state index contributed by atoms with van der Waals surface area (Å²) in [5, 5.41) is 8.97. The number of nitrogens with zero attached hydrogens (tertiary/aromatic N) is 1. The molecule has 0 aliphatic heterocycles. The van der Waals surface area contributed by atoms with Crippen molar-refractivity contribution in [3.63, 3.8) is 0 Å². The van der Waals surface area contributed by atoms with Gasteiger partial charge < -0.3 is 10.8 Å². The van der Waals surface area contributed by atoms with Crippen molar-refractivity contribution in [3.05, 3.63) is 16.1 Å². The zero-order chi connectivity index (χ0) is 10.1. The maximum absolute atomic E-state index is 10.9. The molecule has 0 saturated heterocycles. The smallest absolute Gasteiger partial charge is 0.313 e. The molecular formula is C9H12N2O2S. The van der Waals surface area contributed by atoms with E-state index in [1.165, 1.54) is 11.3 Å². The van der Waals surface area contributed by atoms with Crippen molar-refractivity contribution in [2.24, 2.45) is 5.73 Å². The zero-order valence-corrected chi connectivity index (χ0v) is 8.46. The summed E-state index contributed by atoms with van der Waals surface area (Å²) in [6.07, 6.45) is 2.27. The van der Waals surface area contributed by atoms with E-state index in [-0.39, 0.29) is 6.54 Å². The summed E-state index contributed by atoms with van der Waals surface area (Å²) in [5.41, 5.74) is 8.13. The molecule has 1 aliphatic carbocycles. The first kappa shape index (κ1) is 9.61. The van der Waals surface area contributed by atoms with Gasteiger partial charge in [-0.15, -0.1) is 11.3 Å². The molecule has 1 saturated carbocycles. The summed E-state index contributed by atoms with van der Waals surface area (Å²) in [5.74, 6) is -0.929. The summed E-state index contributed by atoms with van der Waals surface area (Å²) in [6.45, 7) is 0.150. The van der Waals surface area contributed by atoms with E-state index < -0.39 is 11.9 Å². The second-order valence-electron chi connectivity index (χ2n) is 3.50. The molecule has 1 fully saturated rings. The van der Waals surface area contributed by atoms with E-state index in [1.54, 1.807) is 5.51 Å². The molecule has 0 radical (unpaired) electrons. The van der Waals surface area contributed by atoms with E-state index in [1.807, 2.05) is 0 Å². The highest BCUT2D eigenvalue weighted by Gasteiger charge is 2.32. The lowest BCUT2D eigenvalue weighted by Crippen LogP contribution is -2.21. The molecule has 1 atom stereocenters. The summed E-state index contributed by atoms with van der Waals surface area (Å²) in [6, 6.07) is 0. The van der Waals surface area contributed by atoms with Crippen LogP contribution in [0.1, 0.15) is 35.2 Å². The van der Waals surface area contributed by atoms with Crippen molar-refractivity contribution in [1.29, 1.82) is 0 Å². The van der Waals surface area contributed by atoms with Crippen LogP contribution in [0.2, 0.25) is 0 Å². The van der Waals surface area contributed by atoms with Gasteiger partial charge in [-0.1, -0.05) is 0 Å². The van der Waals surface area contributed by atoms with E-state index in [2.05, 4.69) is 4.98 Å². The highest BCUT2D eigenvalue weighted by molar-refractivity contribution is 7.10. The molecule has 0 amide bonds. The summed E-state index contributed by atoms with van der Waals surface area (Å²) in [7, 11) is 0. The lowest BCUT2D eigenvalue weighted by molar-refractivity contribution is -0.138. The molecule has 5 heteroatoms. The van der Waals surface area contributed by atoms with Gasteiger partial charge in [0.1, 0.15) is 5.92 Å². The fourth-order valence-electron chi connectivity index (χ4n) is 1.51. The zero-order valence-electron chi connectivity index (χ0n) is 7.64. The fraction of sp³-hybridized carbons (Fsp3) is 0.556. The fourth-order valence-corrected chi connectivity index (χ4v) is 2.49. The largest absolute Gasteiger partial charge is 0.481 e. The third-order valence-corrected chi connectivity index (χ3v) is 3.40. The first-order chi connectivity index (χ1) is 6.74. The number of rotatable bonds is 4. The molecule has 0 spiro atoms. The molecule has 0 aromatic carbocycles. The first-order valence-electron chi connectivity index (χ1n) is 4.60. The van der Waals surface area contributed by atoms with Gasteiger partial charge in [-0.3, -0.25) is 4.79 Å².